The molecule has 1 amide bonds. The molecule has 1 fully saturated rings. The predicted molar refractivity (Wildman–Crippen MR) is 74.2 cm³/mol. The summed E-state index contributed by atoms with van der Waals surface area (Å²) < 4.78 is 0. The van der Waals surface area contributed by atoms with Crippen LogP contribution in [0, 0.1) is 17.8 Å². The van der Waals surface area contributed by atoms with Crippen LogP contribution in [0.3, 0.4) is 0 Å². The van der Waals surface area contributed by atoms with Gasteiger partial charge in [0.2, 0.25) is 5.91 Å². The topological polar surface area (TPSA) is 49.3 Å². The maximum atomic E-state index is 11.7. The lowest BCUT2D eigenvalue weighted by Crippen LogP contribution is -2.33. The standard InChI is InChI=1S/C16H19NO2/c18-11-2-1-4-13-7-9-14(10-8-13)12-17-16(19)15-5-3-6-15/h7-10,15,18H,2-3,5-6,11-12H2,(H,17,19). The fourth-order valence-electron chi connectivity index (χ4n) is 1.93. The minimum Gasteiger partial charge on any atom is -0.395 e. The SMILES string of the molecule is O=C(NCc1ccc(C#CCCO)cc1)C1CCC1. The van der Waals surface area contributed by atoms with Crippen LogP contribution in [-0.4, -0.2) is 17.6 Å². The third kappa shape index (κ3) is 4.11. The number of aliphatic hydroxyl groups excluding tert-OH is 1. The summed E-state index contributed by atoms with van der Waals surface area (Å²) in [5, 5.41) is 11.6. The average Bonchev–Trinajstić information content (AvgIpc) is 2.36. The Morgan fingerprint density at radius 2 is 2.05 bits per heavy atom. The van der Waals surface area contributed by atoms with Crippen molar-refractivity contribution >= 4 is 5.91 Å². The first-order valence-electron chi connectivity index (χ1n) is 6.76. The highest BCUT2D eigenvalue weighted by Gasteiger charge is 2.24. The van der Waals surface area contributed by atoms with Crippen LogP contribution in [-0.2, 0) is 11.3 Å². The molecule has 1 aliphatic rings. The predicted octanol–water partition coefficient (Wildman–Crippen LogP) is 1.84. The second kappa shape index (κ2) is 6.96. The molecule has 3 heteroatoms. The zero-order valence-electron chi connectivity index (χ0n) is 11.0. The number of nitrogens with one attached hydrogen (secondary N) is 1. The van der Waals surface area contributed by atoms with Gasteiger partial charge in [-0.05, 0) is 30.5 Å². The molecule has 2 N–H and O–H groups in total. The third-order valence-corrected chi connectivity index (χ3v) is 3.37. The molecular formula is C16H19NO2. The molecule has 0 saturated heterocycles. The van der Waals surface area contributed by atoms with Crippen LogP contribution in [0.15, 0.2) is 24.3 Å². The van der Waals surface area contributed by atoms with Crippen LogP contribution >= 0.6 is 0 Å². The molecule has 1 aromatic rings. The van der Waals surface area contributed by atoms with Gasteiger partial charge < -0.3 is 10.4 Å². The maximum absolute atomic E-state index is 11.7. The first kappa shape index (κ1) is 13.6. The summed E-state index contributed by atoms with van der Waals surface area (Å²) in [6.07, 6.45) is 3.74. The molecule has 0 atom stereocenters. The van der Waals surface area contributed by atoms with E-state index in [2.05, 4.69) is 17.2 Å². The Morgan fingerprint density at radius 1 is 1.32 bits per heavy atom. The minimum atomic E-state index is 0.0955. The van der Waals surface area contributed by atoms with Gasteiger partial charge >= 0.3 is 0 Å². The van der Waals surface area contributed by atoms with E-state index < -0.39 is 0 Å². The number of aliphatic hydroxyl groups is 1. The number of benzene rings is 1. The number of hydrogen-bond acceptors (Lipinski definition) is 2. The van der Waals surface area contributed by atoms with E-state index in [0.717, 1.165) is 24.0 Å². The van der Waals surface area contributed by atoms with Crippen molar-refractivity contribution in [3.05, 3.63) is 35.4 Å². The maximum Gasteiger partial charge on any atom is 0.223 e. The average molecular weight is 257 g/mol. The molecule has 100 valence electrons. The van der Waals surface area contributed by atoms with Crippen molar-refractivity contribution in [2.45, 2.75) is 32.2 Å². The molecule has 19 heavy (non-hydrogen) atoms. The molecular weight excluding hydrogens is 238 g/mol. The highest BCUT2D eigenvalue weighted by molar-refractivity contribution is 5.79. The molecule has 0 radical (unpaired) electrons. The van der Waals surface area contributed by atoms with E-state index in [4.69, 9.17) is 5.11 Å². The van der Waals surface area contributed by atoms with Gasteiger partial charge in [0.25, 0.3) is 0 Å². The van der Waals surface area contributed by atoms with Gasteiger partial charge in [-0.2, -0.15) is 0 Å². The van der Waals surface area contributed by atoms with Gasteiger partial charge in [0.05, 0.1) is 6.61 Å². The Labute approximate surface area is 114 Å². The highest BCUT2D eigenvalue weighted by Crippen LogP contribution is 2.26. The fraction of sp³-hybridized carbons (Fsp3) is 0.438. The number of amides is 1. The Morgan fingerprint density at radius 3 is 2.63 bits per heavy atom. The van der Waals surface area contributed by atoms with Crippen LogP contribution in [0.2, 0.25) is 0 Å². The van der Waals surface area contributed by atoms with Gasteiger partial charge in [-0.3, -0.25) is 4.79 Å². The zero-order valence-corrected chi connectivity index (χ0v) is 11.0. The number of carbonyl (C=O) groups is 1. The van der Waals surface area contributed by atoms with E-state index in [1.807, 2.05) is 24.3 Å². The summed E-state index contributed by atoms with van der Waals surface area (Å²) in [6.45, 7) is 0.679. The normalized spacial score (nSPS) is 14.2. The van der Waals surface area contributed by atoms with Gasteiger partial charge in [0.15, 0.2) is 0 Å². The molecule has 0 bridgehead atoms. The van der Waals surface area contributed by atoms with Crippen LogP contribution in [0.1, 0.15) is 36.8 Å². The molecule has 1 aromatic carbocycles. The van der Waals surface area contributed by atoms with Crippen molar-refractivity contribution in [1.29, 1.82) is 0 Å². The first-order chi connectivity index (χ1) is 9.29. The Kier molecular flexibility index (Phi) is 5.00. The lowest BCUT2D eigenvalue weighted by molar-refractivity contribution is -0.127. The smallest absolute Gasteiger partial charge is 0.223 e. The quantitative estimate of drug-likeness (QED) is 0.809. The summed E-state index contributed by atoms with van der Waals surface area (Å²) >= 11 is 0. The van der Waals surface area contributed by atoms with E-state index in [9.17, 15) is 4.79 Å². The summed E-state index contributed by atoms with van der Waals surface area (Å²) in [4.78, 5) is 11.7. The molecule has 0 unspecified atom stereocenters. The monoisotopic (exact) mass is 257 g/mol. The van der Waals surface area contributed by atoms with E-state index in [-0.39, 0.29) is 18.4 Å². The van der Waals surface area contributed by atoms with Gasteiger partial charge in [-0.15, -0.1) is 0 Å². The summed E-state index contributed by atoms with van der Waals surface area (Å²) in [7, 11) is 0. The van der Waals surface area contributed by atoms with Crippen LogP contribution in [0.5, 0.6) is 0 Å². The molecule has 1 saturated carbocycles. The van der Waals surface area contributed by atoms with Crippen molar-refractivity contribution in [2.24, 2.45) is 5.92 Å². The Bertz CT molecular complexity index is 478. The minimum absolute atomic E-state index is 0.0955. The lowest BCUT2D eigenvalue weighted by atomic mass is 9.85. The largest absolute Gasteiger partial charge is 0.395 e. The van der Waals surface area contributed by atoms with Gasteiger partial charge in [-0.1, -0.05) is 30.4 Å². The second-order valence-corrected chi connectivity index (χ2v) is 4.82. The van der Waals surface area contributed by atoms with E-state index >= 15 is 0 Å². The van der Waals surface area contributed by atoms with Crippen molar-refractivity contribution in [3.63, 3.8) is 0 Å². The molecule has 3 nitrogen and oxygen atoms in total. The number of carbonyl (C=O) groups excluding carboxylic acids is 1. The zero-order chi connectivity index (χ0) is 13.5. The molecule has 2 rings (SSSR count). The van der Waals surface area contributed by atoms with E-state index in [0.29, 0.717) is 13.0 Å². The lowest BCUT2D eigenvalue weighted by Gasteiger charge is -2.24. The van der Waals surface area contributed by atoms with E-state index in [1.54, 1.807) is 0 Å². The fourth-order valence-corrected chi connectivity index (χ4v) is 1.93. The summed E-state index contributed by atoms with van der Waals surface area (Å²) in [5.41, 5.74) is 2.02. The molecule has 1 aliphatic carbocycles. The number of rotatable bonds is 4. The number of hydrogen-bond donors (Lipinski definition) is 2. The van der Waals surface area contributed by atoms with Crippen molar-refractivity contribution in [3.8, 4) is 11.8 Å². The van der Waals surface area contributed by atoms with Gasteiger partial charge in [0.1, 0.15) is 0 Å². The molecule has 0 heterocycles. The molecule has 0 aromatic heterocycles. The third-order valence-electron chi connectivity index (χ3n) is 3.37. The van der Waals surface area contributed by atoms with Crippen LogP contribution in [0.25, 0.3) is 0 Å². The van der Waals surface area contributed by atoms with Crippen LogP contribution in [0.4, 0.5) is 0 Å². The summed E-state index contributed by atoms with van der Waals surface area (Å²) in [5.74, 6) is 6.28. The van der Waals surface area contributed by atoms with Crippen molar-refractivity contribution in [1.82, 2.24) is 5.32 Å². The second-order valence-electron chi connectivity index (χ2n) is 4.82. The van der Waals surface area contributed by atoms with Gasteiger partial charge in [-0.25, -0.2) is 0 Å². The molecule has 0 aliphatic heterocycles. The first-order valence-corrected chi connectivity index (χ1v) is 6.76. The molecule has 0 spiro atoms. The summed E-state index contributed by atoms with van der Waals surface area (Å²) in [6, 6.07) is 7.83. The Hall–Kier alpha value is -1.79. The van der Waals surface area contributed by atoms with Crippen molar-refractivity contribution < 1.29 is 9.90 Å². The van der Waals surface area contributed by atoms with Gasteiger partial charge in [0, 0.05) is 24.4 Å². The Balaban J connectivity index is 1.81. The van der Waals surface area contributed by atoms with E-state index in [1.165, 1.54) is 6.42 Å². The highest BCUT2D eigenvalue weighted by atomic mass is 16.2. The van der Waals surface area contributed by atoms with Crippen LogP contribution < -0.4 is 5.32 Å². The van der Waals surface area contributed by atoms with Crippen molar-refractivity contribution in [2.75, 3.05) is 6.61 Å².